The maximum absolute atomic E-state index is 11.8. The summed E-state index contributed by atoms with van der Waals surface area (Å²) in [5.41, 5.74) is 3.55. The molecule has 1 saturated heterocycles. The van der Waals surface area contributed by atoms with Crippen molar-refractivity contribution in [1.29, 1.82) is 0 Å². The van der Waals surface area contributed by atoms with Gasteiger partial charge in [-0.3, -0.25) is 4.79 Å². The second-order valence-corrected chi connectivity index (χ2v) is 7.47. The molecule has 1 fully saturated rings. The number of aryl methyl sites for hydroxylation is 1. The number of carbonyl (C=O) groups excluding carboxylic acids is 1. The second-order valence-electron chi connectivity index (χ2n) is 7.47. The number of anilines is 1. The quantitative estimate of drug-likeness (QED) is 0.656. The molecule has 0 saturated carbocycles. The molecule has 1 aromatic carbocycles. The summed E-state index contributed by atoms with van der Waals surface area (Å²) in [4.78, 5) is 21.2. The van der Waals surface area contributed by atoms with Crippen molar-refractivity contribution in [3.05, 3.63) is 53.9 Å². The van der Waals surface area contributed by atoms with E-state index in [4.69, 9.17) is 14.5 Å². The van der Waals surface area contributed by atoms with E-state index in [-0.39, 0.29) is 18.1 Å². The number of cyclic esters (lactones) is 1. The van der Waals surface area contributed by atoms with Crippen molar-refractivity contribution >= 4 is 28.6 Å². The number of rotatable bonds is 5. The van der Waals surface area contributed by atoms with Crippen LogP contribution in [0.4, 0.5) is 5.69 Å². The third-order valence-electron chi connectivity index (χ3n) is 5.52. The average Bonchev–Trinajstić information content (AvgIpc) is 3.42. The number of hydrogen-bond acceptors (Lipinski definition) is 7. The summed E-state index contributed by atoms with van der Waals surface area (Å²) in [6.45, 7) is 3.65. The van der Waals surface area contributed by atoms with Crippen LogP contribution in [0.2, 0.25) is 0 Å². The van der Waals surface area contributed by atoms with E-state index in [0.717, 1.165) is 40.8 Å². The van der Waals surface area contributed by atoms with Gasteiger partial charge in [-0.1, -0.05) is 30.3 Å². The fraction of sp³-hybridized carbons (Fsp3) is 0.364. The number of fused-ring (bicyclic) bond motifs is 1. The summed E-state index contributed by atoms with van der Waals surface area (Å²) >= 11 is 0. The fourth-order valence-corrected chi connectivity index (χ4v) is 3.95. The van der Waals surface area contributed by atoms with Crippen LogP contribution in [0.3, 0.4) is 0 Å². The Hall–Kier alpha value is -3.42. The normalized spacial score (nSPS) is 21.2. The Morgan fingerprint density at radius 3 is 2.87 bits per heavy atom. The number of ether oxygens (including phenoxy) is 2. The molecule has 0 radical (unpaired) electrons. The number of esters is 1. The van der Waals surface area contributed by atoms with Gasteiger partial charge in [-0.2, -0.15) is 5.10 Å². The lowest BCUT2D eigenvalue weighted by atomic mass is 10.1. The van der Waals surface area contributed by atoms with Crippen LogP contribution in [0, 0.1) is 0 Å². The minimum atomic E-state index is -0.187. The lowest BCUT2D eigenvalue weighted by molar-refractivity contribution is -0.147. The van der Waals surface area contributed by atoms with Crippen LogP contribution in [0.15, 0.2) is 47.7 Å². The maximum Gasteiger partial charge on any atom is 0.307 e. The Balaban J connectivity index is 1.55. The van der Waals surface area contributed by atoms with Crippen LogP contribution < -0.4 is 5.32 Å². The van der Waals surface area contributed by atoms with Gasteiger partial charge in [-0.15, -0.1) is 0 Å². The predicted octanol–water partition coefficient (Wildman–Crippen LogP) is 3.09. The summed E-state index contributed by atoms with van der Waals surface area (Å²) in [7, 11) is 0. The molecule has 154 valence electrons. The van der Waals surface area contributed by atoms with Gasteiger partial charge in [0.05, 0.1) is 35.9 Å². The highest BCUT2D eigenvalue weighted by molar-refractivity contribution is 6.07. The molecule has 0 aliphatic carbocycles. The molecule has 3 aromatic rings. The molecular weight excluding hydrogens is 382 g/mol. The highest BCUT2D eigenvalue weighted by atomic mass is 16.5. The van der Waals surface area contributed by atoms with E-state index >= 15 is 0 Å². The van der Waals surface area contributed by atoms with E-state index in [1.54, 1.807) is 6.20 Å². The van der Waals surface area contributed by atoms with Crippen molar-refractivity contribution < 1.29 is 14.3 Å². The smallest absolute Gasteiger partial charge is 0.307 e. The molecular formula is C22H23N5O3. The van der Waals surface area contributed by atoms with Crippen LogP contribution >= 0.6 is 0 Å². The SMILES string of the molecule is CCn1ncc2c(NC3CCOC(=O)C3)c(C3=N[C@H](c4ccccc4)CO3)cnc21. The largest absolute Gasteiger partial charge is 0.475 e. The Morgan fingerprint density at radius 2 is 2.07 bits per heavy atom. The number of nitrogens with one attached hydrogen (secondary N) is 1. The Labute approximate surface area is 173 Å². The molecule has 8 nitrogen and oxygen atoms in total. The average molecular weight is 405 g/mol. The molecule has 1 N–H and O–H groups in total. The van der Waals surface area contributed by atoms with Gasteiger partial charge < -0.3 is 14.8 Å². The Bertz CT molecular complexity index is 1110. The first-order valence-corrected chi connectivity index (χ1v) is 10.3. The van der Waals surface area contributed by atoms with Gasteiger partial charge in [0.1, 0.15) is 12.6 Å². The second kappa shape index (κ2) is 7.78. The van der Waals surface area contributed by atoms with Crippen molar-refractivity contribution in [3.8, 4) is 0 Å². The van der Waals surface area contributed by atoms with E-state index in [0.29, 0.717) is 25.5 Å². The minimum absolute atomic E-state index is 0.0208. The van der Waals surface area contributed by atoms with E-state index in [9.17, 15) is 4.79 Å². The highest BCUT2D eigenvalue weighted by Gasteiger charge is 2.28. The molecule has 2 aromatic heterocycles. The van der Waals surface area contributed by atoms with Crippen LogP contribution in [0.1, 0.15) is 36.9 Å². The number of nitrogens with zero attached hydrogens (tertiary/aromatic N) is 4. The maximum atomic E-state index is 11.8. The van der Waals surface area contributed by atoms with Crippen LogP contribution in [-0.4, -0.2) is 45.9 Å². The van der Waals surface area contributed by atoms with Gasteiger partial charge in [-0.05, 0) is 12.5 Å². The molecule has 4 heterocycles. The standard InChI is InChI=1S/C22H23N5O3/c1-2-27-21-16(12-24-27)20(25-15-8-9-29-19(28)10-15)17(11-23-21)22-26-18(13-30-22)14-6-4-3-5-7-14/h3-7,11-12,15,18H,2,8-10,13H2,1H3,(H,23,25)/t15?,18-/m0/s1. The Morgan fingerprint density at radius 1 is 1.20 bits per heavy atom. The first-order chi connectivity index (χ1) is 14.7. The Kier molecular flexibility index (Phi) is 4.82. The summed E-state index contributed by atoms with van der Waals surface area (Å²) < 4.78 is 12.9. The zero-order valence-corrected chi connectivity index (χ0v) is 16.7. The van der Waals surface area contributed by atoms with Crippen LogP contribution in [-0.2, 0) is 20.8 Å². The number of pyridine rings is 1. The molecule has 30 heavy (non-hydrogen) atoms. The van der Waals surface area contributed by atoms with Crippen molar-refractivity contribution in [3.63, 3.8) is 0 Å². The van der Waals surface area contributed by atoms with E-state index in [1.807, 2.05) is 36.0 Å². The molecule has 1 unspecified atom stereocenters. The number of aliphatic imine (C=N–C) groups is 1. The summed E-state index contributed by atoms with van der Waals surface area (Å²) in [6, 6.07) is 10.0. The fourth-order valence-electron chi connectivity index (χ4n) is 3.95. The summed E-state index contributed by atoms with van der Waals surface area (Å²) in [5.74, 6) is 0.372. The van der Waals surface area contributed by atoms with Gasteiger partial charge in [0.15, 0.2) is 5.65 Å². The molecule has 2 aliphatic rings. The molecule has 2 aliphatic heterocycles. The van der Waals surface area contributed by atoms with Crippen LogP contribution in [0.25, 0.3) is 11.0 Å². The molecule has 0 amide bonds. The third-order valence-corrected chi connectivity index (χ3v) is 5.52. The van der Waals surface area contributed by atoms with Gasteiger partial charge in [0, 0.05) is 25.2 Å². The summed E-state index contributed by atoms with van der Waals surface area (Å²) in [5, 5.41) is 8.88. The van der Waals surface area contributed by atoms with Gasteiger partial charge >= 0.3 is 5.97 Å². The van der Waals surface area contributed by atoms with Crippen molar-refractivity contribution in [1.82, 2.24) is 14.8 Å². The predicted molar refractivity (Wildman–Crippen MR) is 112 cm³/mol. The number of hydrogen-bond donors (Lipinski definition) is 1. The molecule has 5 rings (SSSR count). The van der Waals surface area contributed by atoms with Gasteiger partial charge in [0.25, 0.3) is 0 Å². The molecule has 8 heteroatoms. The highest BCUT2D eigenvalue weighted by Crippen LogP contribution is 2.32. The topological polar surface area (TPSA) is 90.6 Å². The monoisotopic (exact) mass is 405 g/mol. The van der Waals surface area contributed by atoms with Crippen molar-refractivity contribution in [2.24, 2.45) is 4.99 Å². The summed E-state index contributed by atoms with van der Waals surface area (Å²) in [6.07, 6.45) is 4.66. The molecule has 2 atom stereocenters. The van der Waals surface area contributed by atoms with E-state index in [1.165, 1.54) is 0 Å². The minimum Gasteiger partial charge on any atom is -0.475 e. The molecule has 0 spiro atoms. The van der Waals surface area contributed by atoms with Gasteiger partial charge in [0.2, 0.25) is 5.90 Å². The zero-order chi connectivity index (χ0) is 20.5. The number of benzene rings is 1. The van der Waals surface area contributed by atoms with Gasteiger partial charge in [-0.25, -0.2) is 14.7 Å². The zero-order valence-electron chi connectivity index (χ0n) is 16.7. The first kappa shape index (κ1) is 18.6. The van der Waals surface area contributed by atoms with E-state index < -0.39 is 0 Å². The third kappa shape index (κ3) is 3.38. The van der Waals surface area contributed by atoms with Crippen molar-refractivity contribution in [2.45, 2.75) is 38.4 Å². The first-order valence-electron chi connectivity index (χ1n) is 10.3. The molecule has 0 bridgehead atoms. The lowest BCUT2D eigenvalue weighted by Gasteiger charge is -2.24. The number of carbonyl (C=O) groups is 1. The van der Waals surface area contributed by atoms with Crippen molar-refractivity contribution in [2.75, 3.05) is 18.5 Å². The number of aromatic nitrogens is 3. The van der Waals surface area contributed by atoms with E-state index in [2.05, 4.69) is 27.5 Å². The lowest BCUT2D eigenvalue weighted by Crippen LogP contribution is -2.31. The van der Waals surface area contributed by atoms with Crippen LogP contribution in [0.5, 0.6) is 0 Å².